The molecule has 1 saturated heterocycles. The number of aliphatic carboxylic acids is 1. The van der Waals surface area contributed by atoms with Crippen LogP contribution in [-0.4, -0.2) is 33.7 Å². The monoisotopic (exact) mass is 274 g/mol. The standard InChI is InChI=1S/C14H14N2O4/c15-10-6-14(13(18)19,20-12(10)17)5-8-7-16-11-4-2-1-3-9(8)11/h1-4,7,10,16H,5-6,15H2,(H,18,19)/t10-,14-/m1/s1. The molecule has 20 heavy (non-hydrogen) atoms. The maximum Gasteiger partial charge on any atom is 0.348 e. The van der Waals surface area contributed by atoms with Gasteiger partial charge in [-0.05, 0) is 11.6 Å². The summed E-state index contributed by atoms with van der Waals surface area (Å²) in [5.41, 5.74) is 5.73. The number of hydrogen-bond donors (Lipinski definition) is 3. The zero-order chi connectivity index (χ0) is 14.3. The minimum atomic E-state index is -1.57. The zero-order valence-electron chi connectivity index (χ0n) is 10.6. The number of ether oxygens (including phenoxy) is 1. The lowest BCUT2D eigenvalue weighted by Gasteiger charge is -2.22. The van der Waals surface area contributed by atoms with Crippen molar-refractivity contribution >= 4 is 22.8 Å². The molecule has 0 amide bonds. The second-order valence-corrected chi connectivity index (χ2v) is 5.07. The van der Waals surface area contributed by atoms with Crippen LogP contribution in [0.3, 0.4) is 0 Å². The number of rotatable bonds is 3. The minimum Gasteiger partial charge on any atom is -0.478 e. The third kappa shape index (κ3) is 1.85. The van der Waals surface area contributed by atoms with Crippen LogP contribution in [0.4, 0.5) is 0 Å². The Morgan fingerprint density at radius 3 is 2.90 bits per heavy atom. The van der Waals surface area contributed by atoms with Gasteiger partial charge in [0.2, 0.25) is 5.60 Å². The van der Waals surface area contributed by atoms with E-state index in [0.717, 1.165) is 16.5 Å². The number of carbonyl (C=O) groups is 2. The number of aromatic amines is 1. The van der Waals surface area contributed by atoms with Crippen molar-refractivity contribution in [1.82, 2.24) is 4.98 Å². The molecule has 1 aromatic carbocycles. The van der Waals surface area contributed by atoms with Crippen LogP contribution in [-0.2, 0) is 20.7 Å². The lowest BCUT2D eigenvalue weighted by molar-refractivity contribution is -0.169. The lowest BCUT2D eigenvalue weighted by atomic mass is 9.90. The first kappa shape index (κ1) is 12.7. The molecular weight excluding hydrogens is 260 g/mol. The smallest absolute Gasteiger partial charge is 0.348 e. The molecule has 0 unspecified atom stereocenters. The molecule has 0 bridgehead atoms. The van der Waals surface area contributed by atoms with Gasteiger partial charge in [-0.25, -0.2) is 4.79 Å². The molecule has 1 aromatic heterocycles. The SMILES string of the molecule is N[C@@H]1C[C@](Cc2c[nH]c3ccccc23)(C(=O)O)OC1=O. The van der Waals surface area contributed by atoms with E-state index in [1.165, 1.54) is 0 Å². The molecule has 0 saturated carbocycles. The maximum absolute atomic E-state index is 11.5. The number of aromatic nitrogens is 1. The zero-order valence-corrected chi connectivity index (χ0v) is 10.6. The Balaban J connectivity index is 1.99. The van der Waals surface area contributed by atoms with Gasteiger partial charge in [0, 0.05) is 29.9 Å². The number of carboxylic acid groups (broad SMARTS) is 1. The largest absolute Gasteiger partial charge is 0.478 e. The van der Waals surface area contributed by atoms with Gasteiger partial charge in [0.1, 0.15) is 6.04 Å². The quantitative estimate of drug-likeness (QED) is 0.718. The van der Waals surface area contributed by atoms with Gasteiger partial charge in [-0.1, -0.05) is 18.2 Å². The van der Waals surface area contributed by atoms with Crippen LogP contribution in [0.15, 0.2) is 30.5 Å². The van der Waals surface area contributed by atoms with Crippen molar-refractivity contribution in [2.45, 2.75) is 24.5 Å². The topological polar surface area (TPSA) is 105 Å². The van der Waals surface area contributed by atoms with Gasteiger partial charge < -0.3 is 20.6 Å². The number of nitrogens with two attached hydrogens (primary N) is 1. The van der Waals surface area contributed by atoms with E-state index >= 15 is 0 Å². The molecule has 1 fully saturated rings. The maximum atomic E-state index is 11.5. The number of carbonyl (C=O) groups excluding carboxylic acids is 1. The summed E-state index contributed by atoms with van der Waals surface area (Å²) in [6.45, 7) is 0. The molecule has 1 aliphatic rings. The summed E-state index contributed by atoms with van der Waals surface area (Å²) in [4.78, 5) is 26.1. The van der Waals surface area contributed by atoms with Gasteiger partial charge >= 0.3 is 11.9 Å². The molecule has 2 atom stereocenters. The Morgan fingerprint density at radius 1 is 1.50 bits per heavy atom. The Kier molecular flexibility index (Phi) is 2.76. The first-order valence-electron chi connectivity index (χ1n) is 6.29. The number of fused-ring (bicyclic) bond motifs is 1. The van der Waals surface area contributed by atoms with E-state index in [-0.39, 0.29) is 12.8 Å². The Morgan fingerprint density at radius 2 is 2.25 bits per heavy atom. The van der Waals surface area contributed by atoms with E-state index in [2.05, 4.69) is 4.98 Å². The molecule has 4 N–H and O–H groups in total. The number of benzene rings is 1. The second-order valence-electron chi connectivity index (χ2n) is 5.07. The van der Waals surface area contributed by atoms with E-state index in [1.54, 1.807) is 6.20 Å². The summed E-state index contributed by atoms with van der Waals surface area (Å²) in [6.07, 6.45) is 1.83. The summed E-state index contributed by atoms with van der Waals surface area (Å²) in [7, 11) is 0. The van der Waals surface area contributed by atoms with Gasteiger partial charge in [-0.15, -0.1) is 0 Å². The molecule has 0 spiro atoms. The van der Waals surface area contributed by atoms with Crippen molar-refractivity contribution in [2.24, 2.45) is 5.73 Å². The van der Waals surface area contributed by atoms with Crippen LogP contribution < -0.4 is 5.73 Å². The highest BCUT2D eigenvalue weighted by Crippen LogP contribution is 2.32. The fourth-order valence-electron chi connectivity index (χ4n) is 2.65. The van der Waals surface area contributed by atoms with Crippen molar-refractivity contribution in [2.75, 3.05) is 0 Å². The van der Waals surface area contributed by atoms with E-state index < -0.39 is 23.6 Å². The fraction of sp³-hybridized carbons (Fsp3) is 0.286. The van der Waals surface area contributed by atoms with Gasteiger partial charge in [0.05, 0.1) is 0 Å². The van der Waals surface area contributed by atoms with Gasteiger partial charge in [0.25, 0.3) is 0 Å². The van der Waals surface area contributed by atoms with Crippen LogP contribution in [0.5, 0.6) is 0 Å². The molecule has 6 nitrogen and oxygen atoms in total. The highest BCUT2D eigenvalue weighted by molar-refractivity contribution is 5.90. The Labute approximate surface area is 114 Å². The molecule has 0 radical (unpaired) electrons. The predicted molar refractivity (Wildman–Crippen MR) is 71.1 cm³/mol. The number of para-hydroxylation sites is 1. The molecular formula is C14H14N2O4. The second kappa shape index (κ2) is 4.35. The van der Waals surface area contributed by atoms with E-state index in [9.17, 15) is 14.7 Å². The van der Waals surface area contributed by atoms with E-state index in [4.69, 9.17) is 10.5 Å². The van der Waals surface area contributed by atoms with Crippen LogP contribution in [0, 0.1) is 0 Å². The first-order chi connectivity index (χ1) is 9.52. The molecule has 2 aromatic rings. The lowest BCUT2D eigenvalue weighted by Crippen LogP contribution is -2.41. The van der Waals surface area contributed by atoms with Crippen LogP contribution >= 0.6 is 0 Å². The molecule has 2 heterocycles. The van der Waals surface area contributed by atoms with Crippen molar-refractivity contribution in [1.29, 1.82) is 0 Å². The summed E-state index contributed by atoms with van der Waals surface area (Å²) >= 11 is 0. The first-order valence-corrected chi connectivity index (χ1v) is 6.29. The van der Waals surface area contributed by atoms with Gasteiger partial charge in [-0.3, -0.25) is 4.79 Å². The Bertz CT molecular complexity index is 693. The van der Waals surface area contributed by atoms with Crippen LogP contribution in [0.1, 0.15) is 12.0 Å². The molecule has 6 heteroatoms. The number of nitrogens with one attached hydrogen (secondary N) is 1. The molecule has 0 aliphatic carbocycles. The number of H-pyrrole nitrogens is 1. The molecule has 1 aliphatic heterocycles. The summed E-state index contributed by atoms with van der Waals surface area (Å²) < 4.78 is 5.07. The van der Waals surface area contributed by atoms with E-state index in [1.807, 2.05) is 24.3 Å². The Hall–Kier alpha value is -2.34. The third-order valence-corrected chi connectivity index (χ3v) is 3.69. The molecule has 3 rings (SSSR count). The highest BCUT2D eigenvalue weighted by Gasteiger charge is 2.51. The van der Waals surface area contributed by atoms with Crippen molar-refractivity contribution in [3.8, 4) is 0 Å². The summed E-state index contributed by atoms with van der Waals surface area (Å²) in [5, 5.41) is 10.3. The minimum absolute atomic E-state index is 0.0132. The van der Waals surface area contributed by atoms with E-state index in [0.29, 0.717) is 0 Å². The number of hydrogen-bond acceptors (Lipinski definition) is 4. The van der Waals surface area contributed by atoms with Crippen LogP contribution in [0.25, 0.3) is 10.9 Å². The predicted octanol–water partition coefficient (Wildman–Crippen LogP) is 0.808. The number of carboxylic acids is 1. The van der Waals surface area contributed by atoms with Crippen LogP contribution in [0.2, 0.25) is 0 Å². The van der Waals surface area contributed by atoms with Crippen molar-refractivity contribution < 1.29 is 19.4 Å². The average molecular weight is 274 g/mol. The molecule has 104 valence electrons. The van der Waals surface area contributed by atoms with Gasteiger partial charge in [-0.2, -0.15) is 0 Å². The van der Waals surface area contributed by atoms with Crippen molar-refractivity contribution in [3.05, 3.63) is 36.0 Å². The van der Waals surface area contributed by atoms with Crippen molar-refractivity contribution in [3.63, 3.8) is 0 Å². The summed E-state index contributed by atoms with van der Waals surface area (Å²) in [6, 6.07) is 6.68. The normalized spacial score (nSPS) is 25.9. The number of esters is 1. The van der Waals surface area contributed by atoms with Gasteiger partial charge in [0.15, 0.2) is 0 Å². The summed E-state index contributed by atoms with van der Waals surface area (Å²) in [5.74, 6) is -1.82. The number of cyclic esters (lactones) is 1. The fourth-order valence-corrected chi connectivity index (χ4v) is 2.65. The highest BCUT2D eigenvalue weighted by atomic mass is 16.6. The third-order valence-electron chi connectivity index (χ3n) is 3.69. The average Bonchev–Trinajstić information content (AvgIpc) is 2.94.